The molecule has 0 aromatic rings. The SMILES string of the molecule is CC(=O)C(F)(F)F.CCOC(=O)C(CCCCCN)C[Se]C(=O)CC. The molecule has 0 aromatic carbocycles. The van der Waals surface area contributed by atoms with E-state index in [9.17, 15) is 27.6 Å². The van der Waals surface area contributed by atoms with E-state index in [0.717, 1.165) is 25.7 Å². The maximum absolute atomic E-state index is 11.8. The summed E-state index contributed by atoms with van der Waals surface area (Å²) in [7, 11) is 0. The number of halogens is 3. The van der Waals surface area contributed by atoms with Gasteiger partial charge in [-0.25, -0.2) is 0 Å². The Morgan fingerprint density at radius 2 is 1.68 bits per heavy atom. The second kappa shape index (κ2) is 15.3. The molecular weight excluding hydrogens is 406 g/mol. The molecule has 0 saturated carbocycles. The summed E-state index contributed by atoms with van der Waals surface area (Å²) in [6.07, 6.45) is -0.229. The molecule has 0 aliphatic rings. The summed E-state index contributed by atoms with van der Waals surface area (Å²) < 4.78 is 37.8. The number of Topliss-reactive ketones (excluding diaryl/α,β-unsaturated/α-hetero) is 1. The zero-order valence-electron chi connectivity index (χ0n) is 15.0. The molecule has 148 valence electrons. The van der Waals surface area contributed by atoms with Crippen molar-refractivity contribution in [3.8, 4) is 0 Å². The van der Waals surface area contributed by atoms with Gasteiger partial charge >= 0.3 is 122 Å². The molecule has 25 heavy (non-hydrogen) atoms. The van der Waals surface area contributed by atoms with Crippen LogP contribution in [0.15, 0.2) is 0 Å². The number of rotatable bonds is 11. The van der Waals surface area contributed by atoms with E-state index < -0.39 is 12.0 Å². The van der Waals surface area contributed by atoms with Crippen LogP contribution in [-0.2, 0) is 19.1 Å². The van der Waals surface area contributed by atoms with Gasteiger partial charge in [-0.3, -0.25) is 4.79 Å². The monoisotopic (exact) mass is 435 g/mol. The summed E-state index contributed by atoms with van der Waals surface area (Å²) in [5, 5.41) is 0.682. The molecule has 1 unspecified atom stereocenters. The summed E-state index contributed by atoms with van der Waals surface area (Å²) in [5.74, 6) is -2.00. The number of unbranched alkanes of at least 4 members (excludes halogenated alkanes) is 2. The Bertz CT molecular complexity index is 403. The molecule has 0 aliphatic heterocycles. The molecule has 0 aliphatic carbocycles. The van der Waals surface area contributed by atoms with Gasteiger partial charge in [-0.1, -0.05) is 0 Å². The van der Waals surface area contributed by atoms with Crippen molar-refractivity contribution in [1.29, 1.82) is 0 Å². The first-order chi connectivity index (χ1) is 11.6. The summed E-state index contributed by atoms with van der Waals surface area (Å²) >= 11 is -0.0833. The van der Waals surface area contributed by atoms with Gasteiger partial charge in [0.15, 0.2) is 0 Å². The van der Waals surface area contributed by atoms with Crippen LogP contribution < -0.4 is 5.73 Å². The first-order valence-electron chi connectivity index (χ1n) is 8.20. The molecule has 0 bridgehead atoms. The van der Waals surface area contributed by atoms with Gasteiger partial charge in [0.1, 0.15) is 0 Å². The van der Waals surface area contributed by atoms with Gasteiger partial charge in [0.25, 0.3) is 0 Å². The second-order valence-corrected chi connectivity index (χ2v) is 7.44. The van der Waals surface area contributed by atoms with Crippen LogP contribution in [0, 0.1) is 5.92 Å². The van der Waals surface area contributed by atoms with Crippen LogP contribution in [0.25, 0.3) is 0 Å². The summed E-state index contributed by atoms with van der Waals surface area (Å²) in [6.45, 7) is 5.27. The minimum absolute atomic E-state index is 0.0833. The molecule has 0 rings (SSSR count). The van der Waals surface area contributed by atoms with Gasteiger partial charge in [0.05, 0.1) is 0 Å². The topological polar surface area (TPSA) is 86.5 Å². The first kappa shape index (κ1) is 26.3. The summed E-state index contributed by atoms with van der Waals surface area (Å²) in [4.78, 5) is 32.4. The third-order valence-corrected chi connectivity index (χ3v) is 5.49. The minimum atomic E-state index is -4.64. The number of esters is 1. The van der Waals surface area contributed by atoms with Crippen LogP contribution in [0.2, 0.25) is 5.32 Å². The summed E-state index contributed by atoms with van der Waals surface area (Å²) in [5.41, 5.74) is 5.44. The Labute approximate surface area is 153 Å². The fourth-order valence-corrected chi connectivity index (χ4v) is 3.41. The second-order valence-electron chi connectivity index (χ2n) is 5.18. The number of ketones is 1. The fourth-order valence-electron chi connectivity index (χ4n) is 1.54. The number of hydrogen-bond donors (Lipinski definition) is 1. The van der Waals surface area contributed by atoms with Crippen LogP contribution in [0.3, 0.4) is 0 Å². The van der Waals surface area contributed by atoms with Gasteiger partial charge in [-0.15, -0.1) is 0 Å². The third kappa shape index (κ3) is 16.3. The van der Waals surface area contributed by atoms with E-state index in [-0.39, 0.29) is 31.5 Å². The molecule has 0 aromatic heterocycles. The van der Waals surface area contributed by atoms with Crippen LogP contribution in [0.1, 0.15) is 52.9 Å². The third-order valence-electron chi connectivity index (χ3n) is 3.01. The Kier molecular flexibility index (Phi) is 16.1. The standard InChI is InChI=1S/C13H25NO3Se.C3H3F3O/c1-3-12(15)18-10-11(13(16)17-4-2)8-6-5-7-9-14;1-2(7)3(4,5)6/h11H,3-10,14H2,1-2H3;1H3. The molecule has 2 N–H and O–H groups in total. The number of hydrogen-bond acceptors (Lipinski definition) is 5. The first-order valence-corrected chi connectivity index (χ1v) is 10.3. The van der Waals surface area contributed by atoms with Crippen LogP contribution in [-0.4, -0.2) is 50.7 Å². The van der Waals surface area contributed by atoms with Gasteiger partial charge in [-0.05, 0) is 0 Å². The number of carbonyl (C=O) groups is 3. The van der Waals surface area contributed by atoms with Gasteiger partial charge in [-0.2, -0.15) is 13.2 Å². The maximum atomic E-state index is 11.8. The van der Waals surface area contributed by atoms with Crippen LogP contribution in [0.4, 0.5) is 13.2 Å². The molecule has 5 nitrogen and oxygen atoms in total. The zero-order valence-corrected chi connectivity index (χ0v) is 16.7. The van der Waals surface area contributed by atoms with E-state index in [2.05, 4.69) is 0 Å². The van der Waals surface area contributed by atoms with Crippen molar-refractivity contribution >= 4 is 31.4 Å². The molecule has 0 saturated heterocycles. The number of ether oxygens (including phenoxy) is 1. The Morgan fingerprint density at radius 3 is 2.08 bits per heavy atom. The predicted molar refractivity (Wildman–Crippen MR) is 90.2 cm³/mol. The number of carbonyl (C=O) groups excluding carboxylic acids is 3. The molecular formula is C16H28F3NO4Se. The van der Waals surface area contributed by atoms with E-state index in [0.29, 0.717) is 31.8 Å². The Hall–Kier alpha value is -0.921. The van der Waals surface area contributed by atoms with Crippen molar-refractivity contribution < 1.29 is 32.3 Å². The average Bonchev–Trinajstić information content (AvgIpc) is 2.53. The van der Waals surface area contributed by atoms with Gasteiger partial charge in [0.2, 0.25) is 5.78 Å². The zero-order chi connectivity index (χ0) is 19.9. The predicted octanol–water partition coefficient (Wildman–Crippen LogP) is 2.88. The summed E-state index contributed by atoms with van der Waals surface area (Å²) in [6, 6.07) is 0. The molecule has 9 heteroatoms. The van der Waals surface area contributed by atoms with Crippen molar-refractivity contribution in [3.63, 3.8) is 0 Å². The van der Waals surface area contributed by atoms with Crippen molar-refractivity contribution in [3.05, 3.63) is 0 Å². The van der Waals surface area contributed by atoms with Crippen molar-refractivity contribution in [2.24, 2.45) is 11.7 Å². The Balaban J connectivity index is 0. The van der Waals surface area contributed by atoms with E-state index in [1.807, 2.05) is 13.8 Å². The normalized spacial score (nSPS) is 12.0. The molecule has 0 fully saturated rings. The molecule has 0 heterocycles. The molecule has 0 amide bonds. The quantitative estimate of drug-likeness (QED) is 0.307. The van der Waals surface area contributed by atoms with Crippen molar-refractivity contribution in [2.75, 3.05) is 13.2 Å². The molecule has 0 radical (unpaired) electrons. The average molecular weight is 434 g/mol. The van der Waals surface area contributed by atoms with Crippen LogP contribution >= 0.6 is 0 Å². The fraction of sp³-hybridized carbons (Fsp3) is 0.812. The van der Waals surface area contributed by atoms with Crippen molar-refractivity contribution in [1.82, 2.24) is 0 Å². The van der Waals surface area contributed by atoms with E-state index in [4.69, 9.17) is 10.5 Å². The van der Waals surface area contributed by atoms with Gasteiger partial charge in [0, 0.05) is 6.92 Å². The molecule has 0 spiro atoms. The molecule has 1 atom stereocenters. The van der Waals surface area contributed by atoms with E-state index >= 15 is 0 Å². The number of nitrogens with two attached hydrogens (primary N) is 1. The Morgan fingerprint density at radius 1 is 1.12 bits per heavy atom. The number of alkyl halides is 3. The van der Waals surface area contributed by atoms with Crippen LogP contribution in [0.5, 0.6) is 0 Å². The van der Waals surface area contributed by atoms with Gasteiger partial charge < -0.3 is 0 Å². The van der Waals surface area contributed by atoms with E-state index in [1.165, 1.54) is 0 Å². The van der Waals surface area contributed by atoms with E-state index in [1.54, 1.807) is 0 Å². The van der Waals surface area contributed by atoms with Crippen molar-refractivity contribution in [2.45, 2.75) is 64.4 Å².